The van der Waals surface area contributed by atoms with E-state index in [0.29, 0.717) is 11.1 Å². The number of carboxylic acid groups (broad SMARTS) is 1. The SMILES string of the molecule is C[C@H](N)C(=O)N[C@@H](Cc1ccc(O)cc1)C(=O)N[C@@H](Cc1ccc(O)cc1)C(=O)N[C@@H](C)C(=O)N[C@@H](CCCN=C(N)N)C(=O)N[C@@H](CCCN=C(N)N)C(=O)O. The van der Waals surface area contributed by atoms with E-state index >= 15 is 0 Å². The average Bonchev–Trinajstić information content (AvgIpc) is 3.14. The van der Waals surface area contributed by atoms with Gasteiger partial charge >= 0.3 is 5.97 Å². The zero-order chi connectivity index (χ0) is 42.7. The van der Waals surface area contributed by atoms with Crippen LogP contribution in [0.1, 0.15) is 50.7 Å². The van der Waals surface area contributed by atoms with Crippen molar-refractivity contribution in [3.63, 3.8) is 0 Å². The van der Waals surface area contributed by atoms with Gasteiger partial charge in [0.05, 0.1) is 6.04 Å². The predicted octanol–water partition coefficient (Wildman–Crippen LogP) is -3.13. The fraction of sp³-hybridized carbons (Fsp3) is 0.444. The Labute approximate surface area is 329 Å². The third kappa shape index (κ3) is 17.6. The molecule has 2 aromatic rings. The fourth-order valence-electron chi connectivity index (χ4n) is 5.21. The zero-order valence-electron chi connectivity index (χ0n) is 31.8. The molecule has 21 nitrogen and oxygen atoms in total. The van der Waals surface area contributed by atoms with E-state index in [4.69, 9.17) is 28.7 Å². The number of aromatic hydroxyl groups is 2. The summed E-state index contributed by atoms with van der Waals surface area (Å²) < 4.78 is 0. The van der Waals surface area contributed by atoms with Gasteiger partial charge in [-0.15, -0.1) is 0 Å². The molecule has 0 aliphatic carbocycles. The number of rotatable bonds is 23. The highest BCUT2D eigenvalue weighted by molar-refractivity contribution is 5.96. The molecule has 312 valence electrons. The first-order valence-corrected chi connectivity index (χ1v) is 18.0. The number of phenols is 2. The van der Waals surface area contributed by atoms with Crippen LogP contribution in [-0.2, 0) is 41.6 Å². The molecular weight excluding hydrogens is 744 g/mol. The first-order chi connectivity index (χ1) is 26.9. The number of nitrogens with one attached hydrogen (secondary N) is 5. The van der Waals surface area contributed by atoms with Gasteiger partial charge in [0.15, 0.2) is 11.9 Å². The number of aliphatic imine (C=N–C) groups is 2. The van der Waals surface area contributed by atoms with Crippen LogP contribution >= 0.6 is 0 Å². The van der Waals surface area contributed by atoms with Gasteiger partial charge in [-0.05, 0) is 74.9 Å². The molecule has 0 aromatic heterocycles. The molecule has 2 aromatic carbocycles. The van der Waals surface area contributed by atoms with Gasteiger partial charge < -0.3 is 70.6 Å². The van der Waals surface area contributed by atoms with Gasteiger partial charge in [-0.1, -0.05) is 24.3 Å². The summed E-state index contributed by atoms with van der Waals surface area (Å²) in [6.07, 6.45) is 0.211. The van der Waals surface area contributed by atoms with Gasteiger partial charge in [-0.3, -0.25) is 34.0 Å². The summed E-state index contributed by atoms with van der Waals surface area (Å²) >= 11 is 0. The summed E-state index contributed by atoms with van der Waals surface area (Å²) in [4.78, 5) is 86.5. The number of guanidine groups is 2. The lowest BCUT2D eigenvalue weighted by molar-refractivity contribution is -0.142. The molecule has 5 amide bonds. The van der Waals surface area contributed by atoms with Crippen molar-refractivity contribution in [1.82, 2.24) is 26.6 Å². The fourth-order valence-corrected chi connectivity index (χ4v) is 5.21. The second-order valence-corrected chi connectivity index (χ2v) is 13.2. The molecule has 2 rings (SSSR count). The Hall–Kier alpha value is -6.64. The number of nitrogens with zero attached hydrogens (tertiary/aromatic N) is 2. The minimum atomic E-state index is -1.35. The molecule has 57 heavy (non-hydrogen) atoms. The molecule has 0 heterocycles. The smallest absolute Gasteiger partial charge is 0.326 e. The molecule has 0 saturated carbocycles. The van der Waals surface area contributed by atoms with Crippen LogP contribution in [0.15, 0.2) is 58.5 Å². The Morgan fingerprint density at radius 2 is 0.930 bits per heavy atom. The summed E-state index contributed by atoms with van der Waals surface area (Å²) in [5.41, 5.74) is 28.2. The molecule has 0 unspecified atom stereocenters. The lowest BCUT2D eigenvalue weighted by atomic mass is 10.0. The van der Waals surface area contributed by atoms with Crippen molar-refractivity contribution in [2.24, 2.45) is 38.7 Å². The maximum Gasteiger partial charge on any atom is 0.326 e. The molecule has 0 saturated heterocycles. The monoisotopic (exact) mass is 798 g/mol. The molecule has 0 radical (unpaired) electrons. The second kappa shape index (κ2) is 23.3. The second-order valence-electron chi connectivity index (χ2n) is 13.2. The topological polar surface area (TPSA) is 378 Å². The maximum atomic E-state index is 13.8. The Morgan fingerprint density at radius 3 is 1.35 bits per heavy atom. The van der Waals surface area contributed by atoms with Gasteiger partial charge in [0.2, 0.25) is 29.5 Å². The molecule has 0 bridgehead atoms. The summed E-state index contributed by atoms with van der Waals surface area (Å²) in [7, 11) is 0. The number of nitrogens with two attached hydrogens (primary N) is 5. The van der Waals surface area contributed by atoms with Crippen molar-refractivity contribution in [2.75, 3.05) is 13.1 Å². The van der Waals surface area contributed by atoms with Crippen LogP contribution in [0.5, 0.6) is 11.5 Å². The lowest BCUT2D eigenvalue weighted by Crippen LogP contribution is -2.59. The molecule has 21 heteroatoms. The minimum Gasteiger partial charge on any atom is -0.508 e. The first-order valence-electron chi connectivity index (χ1n) is 18.0. The Balaban J connectivity index is 2.30. The van der Waals surface area contributed by atoms with Crippen LogP contribution in [-0.4, -0.2) is 112 Å². The molecule has 0 aliphatic heterocycles. The molecule has 0 spiro atoms. The largest absolute Gasteiger partial charge is 0.508 e. The zero-order valence-corrected chi connectivity index (χ0v) is 31.8. The van der Waals surface area contributed by atoms with E-state index in [-0.39, 0.29) is 75.0 Å². The van der Waals surface area contributed by atoms with Crippen LogP contribution in [0.2, 0.25) is 0 Å². The summed E-state index contributed by atoms with van der Waals surface area (Å²) in [5.74, 6) is -5.63. The van der Waals surface area contributed by atoms with Gasteiger partial charge in [-0.2, -0.15) is 0 Å². The van der Waals surface area contributed by atoms with Crippen molar-refractivity contribution >= 4 is 47.4 Å². The van der Waals surface area contributed by atoms with Gasteiger partial charge in [0, 0.05) is 25.9 Å². The number of carbonyl (C=O) groups is 6. The third-order valence-electron chi connectivity index (χ3n) is 8.32. The van der Waals surface area contributed by atoms with E-state index in [1.54, 1.807) is 12.1 Å². The number of phenolic OH excluding ortho intramolecular Hbond substituents is 2. The maximum absolute atomic E-state index is 13.8. The quantitative estimate of drug-likeness (QED) is 0.0300. The lowest BCUT2D eigenvalue weighted by Gasteiger charge is -2.26. The van der Waals surface area contributed by atoms with Crippen molar-refractivity contribution in [3.05, 3.63) is 59.7 Å². The van der Waals surface area contributed by atoms with E-state index in [1.165, 1.54) is 50.2 Å². The van der Waals surface area contributed by atoms with E-state index in [9.17, 15) is 44.1 Å². The third-order valence-corrected chi connectivity index (χ3v) is 8.32. The highest BCUT2D eigenvalue weighted by atomic mass is 16.4. The summed E-state index contributed by atoms with van der Waals surface area (Å²) in [6, 6.07) is 4.30. The predicted molar refractivity (Wildman–Crippen MR) is 210 cm³/mol. The Morgan fingerprint density at radius 1 is 0.561 bits per heavy atom. The standard InChI is InChI=1S/C36H54N12O9/c1-19(37)29(51)47-28(18-22-9-13-24(50)14-10-22)33(55)48-27(17-21-7-11-23(49)12-8-21)32(54)44-20(2)30(52)45-25(5-3-15-42-35(38)39)31(53)46-26(34(56)57)6-4-16-43-36(40)41/h7-14,19-20,25-28,49-50H,3-6,15-18,37H2,1-2H3,(H,44,54)(H,45,52)(H,46,53)(H,47,51)(H,48,55)(H,56,57)(H4,38,39,42)(H4,40,41,43)/t19-,20-,25-,26-,27-,28-/m0/s1. The number of hydrogen-bond donors (Lipinski definition) is 13. The number of benzene rings is 2. The van der Waals surface area contributed by atoms with E-state index < -0.39 is 71.8 Å². The number of amides is 5. The van der Waals surface area contributed by atoms with Crippen LogP contribution in [0.3, 0.4) is 0 Å². The number of aliphatic carboxylic acids is 1. The van der Waals surface area contributed by atoms with Crippen molar-refractivity contribution < 1.29 is 44.1 Å². The van der Waals surface area contributed by atoms with E-state index in [0.717, 1.165) is 0 Å². The number of carboxylic acids is 1. The van der Waals surface area contributed by atoms with Crippen molar-refractivity contribution in [2.45, 2.75) is 88.6 Å². The summed E-state index contributed by atoms with van der Waals surface area (Å²) in [5, 5.41) is 41.9. The van der Waals surface area contributed by atoms with Crippen molar-refractivity contribution in [1.29, 1.82) is 0 Å². The van der Waals surface area contributed by atoms with E-state index in [2.05, 4.69) is 36.6 Å². The van der Waals surface area contributed by atoms with Crippen LogP contribution in [0, 0.1) is 0 Å². The van der Waals surface area contributed by atoms with Crippen LogP contribution in [0.4, 0.5) is 0 Å². The molecule has 6 atom stereocenters. The number of hydrogen-bond acceptors (Lipinski definition) is 11. The van der Waals surface area contributed by atoms with Gasteiger partial charge in [0.25, 0.3) is 0 Å². The van der Waals surface area contributed by atoms with Crippen molar-refractivity contribution in [3.8, 4) is 11.5 Å². The van der Waals surface area contributed by atoms with Gasteiger partial charge in [0.1, 0.15) is 41.7 Å². The van der Waals surface area contributed by atoms with Crippen LogP contribution in [0.25, 0.3) is 0 Å². The molecule has 0 fully saturated rings. The minimum absolute atomic E-state index is 0.0125. The highest BCUT2D eigenvalue weighted by Gasteiger charge is 2.31. The van der Waals surface area contributed by atoms with E-state index in [1.807, 2.05) is 0 Å². The van der Waals surface area contributed by atoms with Gasteiger partial charge in [-0.25, -0.2) is 4.79 Å². The first kappa shape index (κ1) is 46.5. The molecule has 0 aliphatic rings. The Bertz CT molecular complexity index is 1730. The molecule has 18 N–H and O–H groups in total. The highest BCUT2D eigenvalue weighted by Crippen LogP contribution is 2.14. The average molecular weight is 799 g/mol. The Kier molecular flexibility index (Phi) is 19.0. The van der Waals surface area contributed by atoms with Crippen LogP contribution < -0.4 is 55.3 Å². The number of carbonyl (C=O) groups excluding carboxylic acids is 5. The summed E-state index contributed by atoms with van der Waals surface area (Å²) in [6.45, 7) is 2.97. The normalized spacial score (nSPS) is 13.9. The molecular formula is C36H54N12O9.